The van der Waals surface area contributed by atoms with Crippen LogP contribution in [0, 0.1) is 10.1 Å². The Labute approximate surface area is 126 Å². The lowest BCUT2D eigenvalue weighted by Gasteiger charge is -2.09. The van der Waals surface area contributed by atoms with Crippen LogP contribution in [0.4, 0.5) is 5.69 Å². The molecule has 0 aliphatic carbocycles. The van der Waals surface area contributed by atoms with Gasteiger partial charge in [0.25, 0.3) is 5.69 Å². The summed E-state index contributed by atoms with van der Waals surface area (Å²) in [6, 6.07) is 13.4. The van der Waals surface area contributed by atoms with Gasteiger partial charge in [0, 0.05) is 35.7 Å². The van der Waals surface area contributed by atoms with Crippen molar-refractivity contribution in [1.82, 2.24) is 9.55 Å². The van der Waals surface area contributed by atoms with Gasteiger partial charge < -0.3 is 9.67 Å². The molecule has 0 saturated carbocycles. The fraction of sp³-hybridized carbons (Fsp3) is 0.0625. The molecule has 0 aliphatic heterocycles. The average Bonchev–Trinajstić information content (AvgIpc) is 2.98. The minimum absolute atomic E-state index is 0.0228. The van der Waals surface area contributed by atoms with E-state index < -0.39 is 4.92 Å². The molecule has 0 spiro atoms. The minimum Gasteiger partial charge on any atom is -0.508 e. The molecule has 3 aromatic rings. The van der Waals surface area contributed by atoms with Crippen LogP contribution >= 0.6 is 0 Å². The van der Waals surface area contributed by atoms with E-state index in [1.165, 1.54) is 12.1 Å². The Morgan fingerprint density at radius 1 is 1.18 bits per heavy atom. The summed E-state index contributed by atoms with van der Waals surface area (Å²) in [5.74, 6) is 0.827. The molecule has 0 bridgehead atoms. The summed E-state index contributed by atoms with van der Waals surface area (Å²) in [6.45, 7) is 0.435. The molecule has 3 rings (SSSR count). The van der Waals surface area contributed by atoms with Crippen LogP contribution in [0.15, 0.2) is 60.9 Å². The molecule has 0 saturated heterocycles. The predicted molar refractivity (Wildman–Crippen MR) is 81.5 cm³/mol. The molecule has 1 N–H and O–H groups in total. The molecule has 22 heavy (non-hydrogen) atoms. The van der Waals surface area contributed by atoms with E-state index in [0.29, 0.717) is 17.9 Å². The molecule has 0 radical (unpaired) electrons. The number of hydrogen-bond donors (Lipinski definition) is 1. The Kier molecular flexibility index (Phi) is 3.57. The summed E-state index contributed by atoms with van der Waals surface area (Å²) in [4.78, 5) is 14.7. The maximum absolute atomic E-state index is 10.9. The number of imidazole rings is 1. The first-order valence-electron chi connectivity index (χ1n) is 6.68. The topological polar surface area (TPSA) is 81.2 Å². The third-order valence-corrected chi connectivity index (χ3v) is 3.36. The summed E-state index contributed by atoms with van der Waals surface area (Å²) >= 11 is 0. The molecule has 6 nitrogen and oxygen atoms in total. The summed E-state index contributed by atoms with van der Waals surface area (Å²) in [5, 5.41) is 20.8. The largest absolute Gasteiger partial charge is 0.508 e. The summed E-state index contributed by atoms with van der Waals surface area (Å²) in [5.41, 5.74) is 1.44. The zero-order valence-electron chi connectivity index (χ0n) is 11.6. The molecule has 6 heteroatoms. The number of hydrogen-bond acceptors (Lipinski definition) is 4. The number of nitrogens with zero attached hydrogens (tertiary/aromatic N) is 3. The highest BCUT2D eigenvalue weighted by atomic mass is 16.6. The summed E-state index contributed by atoms with van der Waals surface area (Å²) in [6.07, 6.45) is 3.41. The fourth-order valence-electron chi connectivity index (χ4n) is 2.28. The number of aromatic hydroxyl groups is 1. The van der Waals surface area contributed by atoms with Gasteiger partial charge in [-0.15, -0.1) is 0 Å². The van der Waals surface area contributed by atoms with Crippen molar-refractivity contribution in [3.05, 3.63) is 76.6 Å². The van der Waals surface area contributed by atoms with E-state index in [0.717, 1.165) is 5.56 Å². The molecule has 2 aromatic carbocycles. The van der Waals surface area contributed by atoms with Crippen LogP contribution in [0.5, 0.6) is 5.75 Å². The van der Waals surface area contributed by atoms with Gasteiger partial charge >= 0.3 is 0 Å². The number of para-hydroxylation sites is 1. The van der Waals surface area contributed by atoms with Crippen molar-refractivity contribution in [3.8, 4) is 17.1 Å². The van der Waals surface area contributed by atoms with Crippen LogP contribution in [0.3, 0.4) is 0 Å². The van der Waals surface area contributed by atoms with E-state index in [-0.39, 0.29) is 11.4 Å². The number of benzene rings is 2. The Morgan fingerprint density at radius 2 is 2.00 bits per heavy atom. The van der Waals surface area contributed by atoms with Gasteiger partial charge in [0.15, 0.2) is 0 Å². The first kappa shape index (κ1) is 13.8. The third-order valence-electron chi connectivity index (χ3n) is 3.36. The first-order valence-corrected chi connectivity index (χ1v) is 6.68. The lowest BCUT2D eigenvalue weighted by atomic mass is 10.1. The quantitative estimate of drug-likeness (QED) is 0.592. The summed E-state index contributed by atoms with van der Waals surface area (Å²) in [7, 11) is 0. The molecule has 110 valence electrons. The smallest absolute Gasteiger partial charge is 0.270 e. The van der Waals surface area contributed by atoms with Crippen LogP contribution in [-0.2, 0) is 6.54 Å². The van der Waals surface area contributed by atoms with E-state index >= 15 is 0 Å². The number of nitro benzene ring substituents is 1. The zero-order chi connectivity index (χ0) is 15.5. The van der Waals surface area contributed by atoms with E-state index in [1.807, 2.05) is 16.7 Å². The van der Waals surface area contributed by atoms with Gasteiger partial charge in [-0.25, -0.2) is 4.98 Å². The number of aromatic nitrogens is 2. The van der Waals surface area contributed by atoms with Crippen LogP contribution in [0.25, 0.3) is 11.4 Å². The second-order valence-corrected chi connectivity index (χ2v) is 4.81. The molecule has 0 fully saturated rings. The summed E-state index contributed by atoms with van der Waals surface area (Å²) < 4.78 is 1.84. The number of rotatable bonds is 4. The lowest BCUT2D eigenvalue weighted by molar-refractivity contribution is -0.384. The normalized spacial score (nSPS) is 10.5. The second-order valence-electron chi connectivity index (χ2n) is 4.81. The molecule has 1 aromatic heterocycles. The van der Waals surface area contributed by atoms with Crippen molar-refractivity contribution in [3.63, 3.8) is 0 Å². The highest BCUT2D eigenvalue weighted by Crippen LogP contribution is 2.24. The SMILES string of the molecule is O=[N+]([O-])c1cccc(-c2nccn2Cc2ccccc2O)c1. The molecular weight excluding hydrogens is 282 g/mol. The van der Waals surface area contributed by atoms with Crippen LogP contribution in [0.1, 0.15) is 5.56 Å². The van der Waals surface area contributed by atoms with Crippen molar-refractivity contribution >= 4 is 5.69 Å². The number of non-ortho nitro benzene ring substituents is 1. The number of nitro groups is 1. The molecule has 0 amide bonds. The highest BCUT2D eigenvalue weighted by molar-refractivity contribution is 5.59. The van der Waals surface area contributed by atoms with Gasteiger partial charge in [-0.1, -0.05) is 30.3 Å². The van der Waals surface area contributed by atoms with Gasteiger partial charge in [-0.2, -0.15) is 0 Å². The van der Waals surface area contributed by atoms with Gasteiger partial charge in [0.2, 0.25) is 0 Å². The van der Waals surface area contributed by atoms with Crippen molar-refractivity contribution in [2.45, 2.75) is 6.54 Å². The molecule has 0 aliphatic rings. The van der Waals surface area contributed by atoms with Gasteiger partial charge in [-0.3, -0.25) is 10.1 Å². The molecule has 0 atom stereocenters. The van der Waals surface area contributed by atoms with Gasteiger partial charge in [-0.05, 0) is 6.07 Å². The van der Waals surface area contributed by atoms with Gasteiger partial charge in [0.05, 0.1) is 11.5 Å². The minimum atomic E-state index is -0.431. The Balaban J connectivity index is 1.97. The first-order chi connectivity index (χ1) is 10.6. The van der Waals surface area contributed by atoms with Crippen molar-refractivity contribution in [2.75, 3.05) is 0 Å². The van der Waals surface area contributed by atoms with Gasteiger partial charge in [0.1, 0.15) is 11.6 Å². The van der Waals surface area contributed by atoms with E-state index in [4.69, 9.17) is 0 Å². The standard InChI is InChI=1S/C16H13N3O3/c20-15-7-2-1-4-13(15)11-18-9-8-17-16(18)12-5-3-6-14(10-12)19(21)22/h1-10,20H,11H2. The van der Waals surface area contributed by atoms with E-state index in [2.05, 4.69) is 4.98 Å². The fourth-order valence-corrected chi connectivity index (χ4v) is 2.28. The van der Waals surface area contributed by atoms with E-state index in [9.17, 15) is 15.2 Å². The second kappa shape index (κ2) is 5.69. The predicted octanol–water partition coefficient (Wildman–Crippen LogP) is 3.21. The lowest BCUT2D eigenvalue weighted by Crippen LogP contribution is -2.01. The molecule has 0 unspecified atom stereocenters. The maximum atomic E-state index is 10.9. The number of phenols is 1. The molecular formula is C16H13N3O3. The van der Waals surface area contributed by atoms with Crippen LogP contribution < -0.4 is 0 Å². The van der Waals surface area contributed by atoms with Crippen molar-refractivity contribution < 1.29 is 10.0 Å². The van der Waals surface area contributed by atoms with Crippen LogP contribution in [-0.4, -0.2) is 19.6 Å². The highest BCUT2D eigenvalue weighted by Gasteiger charge is 2.12. The number of phenolic OH excluding ortho intramolecular Hbond substituents is 1. The maximum Gasteiger partial charge on any atom is 0.270 e. The van der Waals surface area contributed by atoms with Crippen LogP contribution in [0.2, 0.25) is 0 Å². The molecule has 1 heterocycles. The monoisotopic (exact) mass is 295 g/mol. The Morgan fingerprint density at radius 3 is 2.77 bits per heavy atom. The van der Waals surface area contributed by atoms with E-state index in [1.54, 1.807) is 36.7 Å². The third kappa shape index (κ3) is 2.67. The Hall–Kier alpha value is -3.15. The Bertz CT molecular complexity index is 827. The van der Waals surface area contributed by atoms with Crippen molar-refractivity contribution in [2.24, 2.45) is 0 Å². The van der Waals surface area contributed by atoms with Crippen molar-refractivity contribution in [1.29, 1.82) is 0 Å². The zero-order valence-corrected chi connectivity index (χ0v) is 11.6. The average molecular weight is 295 g/mol.